The summed E-state index contributed by atoms with van der Waals surface area (Å²) < 4.78 is 10.6. The number of hydrogen-bond donors (Lipinski definition) is 0. The van der Waals surface area contributed by atoms with Gasteiger partial charge in [-0.25, -0.2) is 4.98 Å². The van der Waals surface area contributed by atoms with Gasteiger partial charge in [0.05, 0.1) is 25.5 Å². The maximum Gasteiger partial charge on any atom is 0.161 e. The molecule has 1 heterocycles. The van der Waals surface area contributed by atoms with Gasteiger partial charge in [0.1, 0.15) is 11.1 Å². The lowest BCUT2D eigenvalue weighted by Gasteiger charge is -2.08. The summed E-state index contributed by atoms with van der Waals surface area (Å²) in [6.45, 7) is 2.03. The third-order valence-corrected chi connectivity index (χ3v) is 4.76. The molecule has 0 saturated heterocycles. The van der Waals surface area contributed by atoms with E-state index in [9.17, 15) is 5.26 Å². The first-order chi connectivity index (χ1) is 12.6. The smallest absolute Gasteiger partial charge is 0.161 e. The Balaban J connectivity index is 1.95. The molecule has 1 aromatic heterocycles. The van der Waals surface area contributed by atoms with Crippen LogP contribution in [0.1, 0.15) is 16.1 Å². The molecule has 0 spiro atoms. The predicted molar refractivity (Wildman–Crippen MR) is 105 cm³/mol. The molecule has 5 heteroatoms. The van der Waals surface area contributed by atoms with Gasteiger partial charge in [-0.3, -0.25) is 0 Å². The van der Waals surface area contributed by atoms with E-state index in [-0.39, 0.29) is 0 Å². The van der Waals surface area contributed by atoms with Gasteiger partial charge in [-0.2, -0.15) is 5.26 Å². The van der Waals surface area contributed by atoms with Crippen molar-refractivity contribution in [3.63, 3.8) is 0 Å². The van der Waals surface area contributed by atoms with Gasteiger partial charge in [0.25, 0.3) is 0 Å². The van der Waals surface area contributed by atoms with Crippen LogP contribution >= 0.6 is 11.3 Å². The van der Waals surface area contributed by atoms with E-state index in [1.165, 1.54) is 11.3 Å². The van der Waals surface area contributed by atoms with Crippen LogP contribution in [-0.4, -0.2) is 19.2 Å². The molecule has 0 N–H and O–H groups in total. The van der Waals surface area contributed by atoms with Crippen molar-refractivity contribution in [1.82, 2.24) is 4.98 Å². The minimum atomic E-state index is 0.548. The Morgan fingerprint density at radius 3 is 2.62 bits per heavy atom. The van der Waals surface area contributed by atoms with Crippen molar-refractivity contribution in [2.75, 3.05) is 14.2 Å². The van der Waals surface area contributed by atoms with Crippen LogP contribution in [0.4, 0.5) is 0 Å². The Hall–Kier alpha value is -3.10. The number of nitrogens with zero attached hydrogens (tertiary/aromatic N) is 2. The second-order valence-corrected chi connectivity index (χ2v) is 6.55. The lowest BCUT2D eigenvalue weighted by atomic mass is 10.1. The Kier molecular flexibility index (Phi) is 5.35. The molecule has 0 saturated carbocycles. The first kappa shape index (κ1) is 17.7. The molecule has 0 radical (unpaired) electrons. The molecule has 0 aliphatic rings. The molecule has 3 aromatic rings. The van der Waals surface area contributed by atoms with Crippen molar-refractivity contribution in [3.8, 4) is 28.8 Å². The predicted octanol–water partition coefficient (Wildman–Crippen LogP) is 5.20. The second kappa shape index (κ2) is 7.85. The van der Waals surface area contributed by atoms with Crippen LogP contribution in [0.2, 0.25) is 0 Å². The number of thiazole rings is 1. The fourth-order valence-corrected chi connectivity index (χ4v) is 3.39. The normalized spacial score (nSPS) is 11.1. The average Bonchev–Trinajstić information content (AvgIpc) is 3.15. The van der Waals surface area contributed by atoms with Gasteiger partial charge in [0.15, 0.2) is 11.5 Å². The van der Waals surface area contributed by atoms with Crippen molar-refractivity contribution in [3.05, 3.63) is 64.0 Å². The highest BCUT2D eigenvalue weighted by Gasteiger charge is 2.12. The van der Waals surface area contributed by atoms with E-state index < -0.39 is 0 Å². The molecule has 0 amide bonds. The SMILES string of the molecule is COc1ccc(-c2csc(/C(C#N)=C/c3cccc(C)c3)n2)cc1OC. The summed E-state index contributed by atoms with van der Waals surface area (Å²) in [7, 11) is 3.21. The summed E-state index contributed by atoms with van der Waals surface area (Å²) in [6.07, 6.45) is 1.87. The molecule has 0 aliphatic heterocycles. The van der Waals surface area contributed by atoms with E-state index in [1.807, 2.05) is 60.8 Å². The molecule has 0 atom stereocenters. The summed E-state index contributed by atoms with van der Waals surface area (Å²) in [5.74, 6) is 1.32. The summed E-state index contributed by atoms with van der Waals surface area (Å²) in [6, 6.07) is 15.9. The van der Waals surface area contributed by atoms with E-state index in [0.29, 0.717) is 22.1 Å². The van der Waals surface area contributed by atoms with E-state index in [4.69, 9.17) is 9.47 Å². The van der Waals surface area contributed by atoms with Crippen LogP contribution in [0, 0.1) is 18.3 Å². The number of methoxy groups -OCH3 is 2. The molecule has 0 aliphatic carbocycles. The number of aryl methyl sites for hydroxylation is 1. The molecule has 3 rings (SSSR count). The highest BCUT2D eigenvalue weighted by molar-refractivity contribution is 7.11. The van der Waals surface area contributed by atoms with Crippen molar-refractivity contribution >= 4 is 23.0 Å². The van der Waals surface area contributed by atoms with E-state index in [2.05, 4.69) is 11.1 Å². The van der Waals surface area contributed by atoms with Crippen molar-refractivity contribution in [2.24, 2.45) is 0 Å². The van der Waals surface area contributed by atoms with Gasteiger partial charge in [-0.15, -0.1) is 11.3 Å². The molecule has 4 nitrogen and oxygen atoms in total. The summed E-state index contributed by atoms with van der Waals surface area (Å²) in [4.78, 5) is 4.63. The third-order valence-electron chi connectivity index (χ3n) is 3.89. The zero-order chi connectivity index (χ0) is 18.5. The Labute approximate surface area is 157 Å². The topological polar surface area (TPSA) is 55.1 Å². The quantitative estimate of drug-likeness (QED) is 0.585. The molecule has 0 unspecified atom stereocenters. The zero-order valence-electron chi connectivity index (χ0n) is 14.8. The van der Waals surface area contributed by atoms with Crippen LogP contribution < -0.4 is 9.47 Å². The minimum absolute atomic E-state index is 0.548. The number of allylic oxidation sites excluding steroid dienone is 1. The maximum absolute atomic E-state index is 9.55. The van der Waals surface area contributed by atoms with Gasteiger partial charge in [-0.05, 0) is 36.8 Å². The highest BCUT2D eigenvalue weighted by Crippen LogP contribution is 2.33. The van der Waals surface area contributed by atoms with E-state index in [0.717, 1.165) is 22.4 Å². The number of benzene rings is 2. The molecular weight excluding hydrogens is 344 g/mol. The molecule has 2 aromatic carbocycles. The average molecular weight is 362 g/mol. The third kappa shape index (κ3) is 3.76. The summed E-state index contributed by atoms with van der Waals surface area (Å²) in [5, 5.41) is 12.2. The van der Waals surface area contributed by atoms with Crippen molar-refractivity contribution < 1.29 is 9.47 Å². The van der Waals surface area contributed by atoms with Gasteiger partial charge >= 0.3 is 0 Å². The first-order valence-corrected chi connectivity index (χ1v) is 8.89. The molecule has 130 valence electrons. The van der Waals surface area contributed by atoms with E-state index >= 15 is 0 Å². The van der Waals surface area contributed by atoms with Crippen molar-refractivity contribution in [2.45, 2.75) is 6.92 Å². The number of rotatable bonds is 5. The molecule has 0 fully saturated rings. The number of hydrogen-bond acceptors (Lipinski definition) is 5. The van der Waals surface area contributed by atoms with Gasteiger partial charge in [0, 0.05) is 10.9 Å². The maximum atomic E-state index is 9.55. The van der Waals surface area contributed by atoms with Gasteiger partial charge < -0.3 is 9.47 Å². The van der Waals surface area contributed by atoms with Crippen LogP contribution in [0.3, 0.4) is 0 Å². The lowest BCUT2D eigenvalue weighted by molar-refractivity contribution is 0.355. The largest absolute Gasteiger partial charge is 0.493 e. The van der Waals surface area contributed by atoms with Gasteiger partial charge in [-0.1, -0.05) is 29.8 Å². The van der Waals surface area contributed by atoms with E-state index in [1.54, 1.807) is 14.2 Å². The van der Waals surface area contributed by atoms with Crippen molar-refractivity contribution in [1.29, 1.82) is 5.26 Å². The number of nitriles is 1. The second-order valence-electron chi connectivity index (χ2n) is 5.69. The fourth-order valence-electron chi connectivity index (χ4n) is 2.59. The number of aromatic nitrogens is 1. The Morgan fingerprint density at radius 2 is 1.92 bits per heavy atom. The highest BCUT2D eigenvalue weighted by atomic mass is 32.1. The first-order valence-electron chi connectivity index (χ1n) is 8.01. The fraction of sp³-hybridized carbons (Fsp3) is 0.143. The summed E-state index contributed by atoms with van der Waals surface area (Å²) >= 11 is 1.45. The molecule has 26 heavy (non-hydrogen) atoms. The Bertz CT molecular complexity index is 999. The van der Waals surface area contributed by atoms with Crippen LogP contribution in [0.15, 0.2) is 47.8 Å². The van der Waals surface area contributed by atoms with Crippen LogP contribution in [0.5, 0.6) is 11.5 Å². The number of ether oxygens (including phenoxy) is 2. The van der Waals surface area contributed by atoms with Crippen LogP contribution in [-0.2, 0) is 0 Å². The lowest BCUT2D eigenvalue weighted by Crippen LogP contribution is -1.91. The standard InChI is InChI=1S/C21H18N2O2S/c1-14-5-4-6-15(9-14)10-17(12-22)21-23-18(13-26-21)16-7-8-19(24-2)20(11-16)25-3/h4-11,13H,1-3H3/b17-10+. The van der Waals surface area contributed by atoms with Gasteiger partial charge in [0.2, 0.25) is 0 Å². The molecule has 0 bridgehead atoms. The summed E-state index contributed by atoms with van der Waals surface area (Å²) in [5.41, 5.74) is 4.41. The Morgan fingerprint density at radius 1 is 1.12 bits per heavy atom. The molecular formula is C21H18N2O2S. The zero-order valence-corrected chi connectivity index (χ0v) is 15.6. The van der Waals surface area contributed by atoms with Crippen LogP contribution in [0.25, 0.3) is 22.9 Å². The monoisotopic (exact) mass is 362 g/mol. The minimum Gasteiger partial charge on any atom is -0.493 e.